The maximum atomic E-state index is 12.8. The summed E-state index contributed by atoms with van der Waals surface area (Å²) in [7, 11) is 0. The molecule has 0 spiro atoms. The molecule has 2 heterocycles. The second-order valence-corrected chi connectivity index (χ2v) is 9.97. The number of hydrogen-bond donors (Lipinski definition) is 2. The second-order valence-electron chi connectivity index (χ2n) is 9.97. The Hall–Kier alpha value is -2.34. The molecular formula is C24H34N2O4. The zero-order valence-electron chi connectivity index (χ0n) is 19.4. The third-order valence-corrected chi connectivity index (χ3v) is 6.03. The van der Waals surface area contributed by atoms with Gasteiger partial charge < -0.3 is 19.8 Å². The van der Waals surface area contributed by atoms with E-state index in [0.29, 0.717) is 16.9 Å². The molecule has 6 nitrogen and oxygen atoms in total. The Bertz CT molecular complexity index is 1020. The molecule has 1 saturated heterocycles. The first kappa shape index (κ1) is 22.3. The molecule has 30 heavy (non-hydrogen) atoms. The van der Waals surface area contributed by atoms with Crippen LogP contribution in [0.25, 0.3) is 11.0 Å². The summed E-state index contributed by atoms with van der Waals surface area (Å²) in [6.07, 6.45) is 1.04. The van der Waals surface area contributed by atoms with Crippen molar-refractivity contribution in [2.75, 3.05) is 0 Å². The number of nitrogens with one attached hydrogen (secondary N) is 2. The molecule has 2 N–H and O–H groups in total. The Morgan fingerprint density at radius 1 is 1.10 bits per heavy atom. The molecule has 0 radical (unpaired) electrons. The molecule has 0 bridgehead atoms. The van der Waals surface area contributed by atoms with Crippen LogP contribution in [0.1, 0.15) is 64.2 Å². The number of hydrogen-bond acceptors (Lipinski definition) is 5. The number of benzene rings is 1. The molecule has 1 fully saturated rings. The van der Waals surface area contributed by atoms with E-state index in [-0.39, 0.29) is 28.7 Å². The van der Waals surface area contributed by atoms with Crippen molar-refractivity contribution in [1.82, 2.24) is 10.6 Å². The predicted molar refractivity (Wildman–Crippen MR) is 119 cm³/mol. The molecule has 1 amide bonds. The highest BCUT2D eigenvalue weighted by Gasteiger charge is 2.38. The molecule has 2 aromatic rings. The van der Waals surface area contributed by atoms with Gasteiger partial charge in [0.25, 0.3) is 5.91 Å². The summed E-state index contributed by atoms with van der Waals surface area (Å²) in [5.41, 5.74) is 2.29. The normalized spacial score (nSPS) is 19.5. The van der Waals surface area contributed by atoms with Crippen LogP contribution in [0.4, 0.5) is 0 Å². The summed E-state index contributed by atoms with van der Waals surface area (Å²) in [5, 5.41) is 7.66. The van der Waals surface area contributed by atoms with E-state index in [1.165, 1.54) is 0 Å². The molecule has 1 aliphatic rings. The van der Waals surface area contributed by atoms with Crippen LogP contribution in [0.5, 0.6) is 5.75 Å². The number of aryl methyl sites for hydroxylation is 2. The molecular weight excluding hydrogens is 380 g/mol. The van der Waals surface area contributed by atoms with Crippen molar-refractivity contribution in [2.45, 2.75) is 91.5 Å². The number of carbonyl (C=O) groups excluding carboxylic acids is 1. The van der Waals surface area contributed by atoms with Gasteiger partial charge in [-0.05, 0) is 85.9 Å². The van der Waals surface area contributed by atoms with E-state index in [9.17, 15) is 9.59 Å². The summed E-state index contributed by atoms with van der Waals surface area (Å²) >= 11 is 0. The number of rotatable bonds is 4. The van der Waals surface area contributed by atoms with Crippen molar-refractivity contribution in [2.24, 2.45) is 0 Å². The summed E-state index contributed by atoms with van der Waals surface area (Å²) in [5.74, 6) is 0.400. The van der Waals surface area contributed by atoms with Gasteiger partial charge in [-0.25, -0.2) is 4.79 Å². The van der Waals surface area contributed by atoms with E-state index in [0.717, 1.165) is 29.4 Å². The van der Waals surface area contributed by atoms with Gasteiger partial charge in [-0.1, -0.05) is 0 Å². The first-order chi connectivity index (χ1) is 13.8. The van der Waals surface area contributed by atoms with Crippen LogP contribution < -0.4 is 21.0 Å². The van der Waals surface area contributed by atoms with Crippen LogP contribution in [-0.2, 0) is 4.79 Å². The highest BCUT2D eigenvalue weighted by Crippen LogP contribution is 2.31. The molecule has 1 aliphatic heterocycles. The third kappa shape index (κ3) is 4.53. The van der Waals surface area contributed by atoms with E-state index in [4.69, 9.17) is 9.15 Å². The SMILES string of the molecule is Cc1c(C)c2ccc(O[C@@H](C)C(=O)NC3CC(C)(C)NC(C)(C)C3)c(C)c2oc1=O. The monoisotopic (exact) mass is 414 g/mol. The summed E-state index contributed by atoms with van der Waals surface area (Å²) < 4.78 is 11.5. The first-order valence-electron chi connectivity index (χ1n) is 10.6. The van der Waals surface area contributed by atoms with Crippen molar-refractivity contribution in [1.29, 1.82) is 0 Å². The largest absolute Gasteiger partial charge is 0.480 e. The Morgan fingerprint density at radius 3 is 2.30 bits per heavy atom. The number of carbonyl (C=O) groups is 1. The maximum Gasteiger partial charge on any atom is 0.339 e. The number of ether oxygens (including phenoxy) is 1. The van der Waals surface area contributed by atoms with Gasteiger partial charge in [0, 0.05) is 33.6 Å². The fourth-order valence-electron chi connectivity index (χ4n) is 4.74. The minimum atomic E-state index is -0.666. The third-order valence-electron chi connectivity index (χ3n) is 6.03. The van der Waals surface area contributed by atoms with E-state index in [1.54, 1.807) is 13.8 Å². The molecule has 6 heteroatoms. The molecule has 3 rings (SSSR count). The van der Waals surface area contributed by atoms with Crippen molar-refractivity contribution in [3.8, 4) is 5.75 Å². The van der Waals surface area contributed by atoms with Gasteiger partial charge in [0.05, 0.1) is 0 Å². The molecule has 164 valence electrons. The Balaban J connectivity index is 1.77. The van der Waals surface area contributed by atoms with Crippen LogP contribution in [0, 0.1) is 20.8 Å². The van der Waals surface area contributed by atoms with Gasteiger partial charge in [0.1, 0.15) is 11.3 Å². The minimum absolute atomic E-state index is 0.0493. The predicted octanol–water partition coefficient (Wildman–Crippen LogP) is 3.91. The average Bonchev–Trinajstić information content (AvgIpc) is 2.59. The molecule has 0 unspecified atom stereocenters. The van der Waals surface area contributed by atoms with Crippen molar-refractivity contribution < 1.29 is 13.9 Å². The minimum Gasteiger partial charge on any atom is -0.480 e. The van der Waals surface area contributed by atoms with E-state index >= 15 is 0 Å². The van der Waals surface area contributed by atoms with Crippen molar-refractivity contribution >= 4 is 16.9 Å². The molecule has 0 aliphatic carbocycles. The zero-order chi connectivity index (χ0) is 22.4. The van der Waals surface area contributed by atoms with Crippen LogP contribution in [0.2, 0.25) is 0 Å². The topological polar surface area (TPSA) is 80.6 Å². The highest BCUT2D eigenvalue weighted by atomic mass is 16.5. The number of amides is 1. The molecule has 1 atom stereocenters. The summed E-state index contributed by atoms with van der Waals surface area (Å²) in [6.45, 7) is 15.9. The van der Waals surface area contributed by atoms with Gasteiger partial charge in [-0.15, -0.1) is 0 Å². The smallest absolute Gasteiger partial charge is 0.339 e. The van der Waals surface area contributed by atoms with Gasteiger partial charge >= 0.3 is 5.63 Å². The number of piperidine rings is 1. The Morgan fingerprint density at radius 2 is 1.70 bits per heavy atom. The lowest BCUT2D eigenvalue weighted by atomic mass is 9.79. The lowest BCUT2D eigenvalue weighted by Gasteiger charge is -2.46. The first-order valence-corrected chi connectivity index (χ1v) is 10.6. The van der Waals surface area contributed by atoms with Gasteiger partial charge in [0.2, 0.25) is 0 Å². The van der Waals surface area contributed by atoms with Crippen molar-refractivity contribution in [3.05, 3.63) is 39.2 Å². The summed E-state index contributed by atoms with van der Waals surface area (Å²) in [6, 6.07) is 3.80. The Labute approximate surface area is 178 Å². The lowest BCUT2D eigenvalue weighted by molar-refractivity contribution is -0.128. The molecule has 1 aromatic carbocycles. The van der Waals surface area contributed by atoms with E-state index < -0.39 is 6.10 Å². The zero-order valence-corrected chi connectivity index (χ0v) is 19.4. The fraction of sp³-hybridized carbons (Fsp3) is 0.583. The van der Waals surface area contributed by atoms with Crippen LogP contribution in [-0.4, -0.2) is 29.1 Å². The summed E-state index contributed by atoms with van der Waals surface area (Å²) in [4.78, 5) is 24.9. The Kier molecular flexibility index (Phi) is 5.76. The van der Waals surface area contributed by atoms with Crippen LogP contribution >= 0.6 is 0 Å². The molecule has 0 saturated carbocycles. The van der Waals surface area contributed by atoms with Gasteiger partial charge in [-0.3, -0.25) is 4.79 Å². The van der Waals surface area contributed by atoms with E-state index in [2.05, 4.69) is 38.3 Å². The van der Waals surface area contributed by atoms with E-state index in [1.807, 2.05) is 26.0 Å². The van der Waals surface area contributed by atoms with Crippen LogP contribution in [0.3, 0.4) is 0 Å². The maximum absolute atomic E-state index is 12.8. The van der Waals surface area contributed by atoms with Gasteiger partial charge in [0.15, 0.2) is 6.10 Å². The highest BCUT2D eigenvalue weighted by molar-refractivity contribution is 5.86. The quantitative estimate of drug-likeness (QED) is 0.742. The standard InChI is InChI=1S/C24H34N2O4/c1-13-14(2)22(28)30-20-15(3)19(10-9-18(13)20)29-16(4)21(27)25-17-11-23(5,6)26-24(7,8)12-17/h9-10,16-17,26H,11-12H2,1-8H3,(H,25,27)/t16-/m0/s1. The molecule has 1 aromatic heterocycles. The van der Waals surface area contributed by atoms with Crippen molar-refractivity contribution in [3.63, 3.8) is 0 Å². The second kappa shape index (κ2) is 7.73. The average molecular weight is 415 g/mol. The van der Waals surface area contributed by atoms with Gasteiger partial charge in [-0.2, -0.15) is 0 Å². The lowest BCUT2D eigenvalue weighted by Crippen LogP contribution is -2.62. The fourth-order valence-corrected chi connectivity index (χ4v) is 4.74. The number of fused-ring (bicyclic) bond motifs is 1. The van der Waals surface area contributed by atoms with Crippen LogP contribution in [0.15, 0.2) is 21.3 Å².